The SMILES string of the molecule is CC(NC1CCC(C)(C)CC1)c1cccc(Cl)c1. The van der Waals surface area contributed by atoms with Crippen LogP contribution in [0.25, 0.3) is 0 Å². The van der Waals surface area contributed by atoms with Gasteiger partial charge in [-0.1, -0.05) is 37.6 Å². The van der Waals surface area contributed by atoms with Crippen molar-refractivity contribution >= 4 is 11.6 Å². The third-order valence-electron chi connectivity index (χ3n) is 4.17. The molecule has 0 spiro atoms. The van der Waals surface area contributed by atoms with Gasteiger partial charge in [-0.25, -0.2) is 0 Å². The summed E-state index contributed by atoms with van der Waals surface area (Å²) in [7, 11) is 0. The number of rotatable bonds is 3. The van der Waals surface area contributed by atoms with Gasteiger partial charge >= 0.3 is 0 Å². The quantitative estimate of drug-likeness (QED) is 0.815. The molecule has 1 unspecified atom stereocenters. The van der Waals surface area contributed by atoms with Gasteiger partial charge in [0.05, 0.1) is 0 Å². The van der Waals surface area contributed by atoms with Gasteiger partial charge < -0.3 is 5.32 Å². The van der Waals surface area contributed by atoms with Crippen LogP contribution in [-0.2, 0) is 0 Å². The van der Waals surface area contributed by atoms with Gasteiger partial charge in [-0.2, -0.15) is 0 Å². The van der Waals surface area contributed by atoms with Crippen LogP contribution < -0.4 is 5.32 Å². The summed E-state index contributed by atoms with van der Waals surface area (Å²) in [6, 6.07) is 9.21. The van der Waals surface area contributed by atoms with Gasteiger partial charge in [0, 0.05) is 17.1 Å². The lowest BCUT2D eigenvalue weighted by Gasteiger charge is -2.36. The smallest absolute Gasteiger partial charge is 0.0409 e. The second-order valence-corrected chi connectivity index (χ2v) is 6.82. The lowest BCUT2D eigenvalue weighted by Crippen LogP contribution is -2.37. The van der Waals surface area contributed by atoms with E-state index >= 15 is 0 Å². The van der Waals surface area contributed by atoms with E-state index < -0.39 is 0 Å². The third kappa shape index (κ3) is 3.73. The first-order chi connectivity index (χ1) is 8.46. The van der Waals surface area contributed by atoms with Crippen LogP contribution in [0.2, 0.25) is 5.02 Å². The van der Waals surface area contributed by atoms with Crippen molar-refractivity contribution in [3.05, 3.63) is 34.9 Å². The number of benzene rings is 1. The van der Waals surface area contributed by atoms with Crippen molar-refractivity contribution in [1.82, 2.24) is 5.32 Å². The summed E-state index contributed by atoms with van der Waals surface area (Å²) >= 11 is 6.04. The first-order valence-electron chi connectivity index (χ1n) is 6.98. The van der Waals surface area contributed by atoms with Gasteiger partial charge in [0.1, 0.15) is 0 Å². The van der Waals surface area contributed by atoms with Crippen LogP contribution in [0.5, 0.6) is 0 Å². The number of hydrogen-bond acceptors (Lipinski definition) is 1. The molecular weight excluding hydrogens is 242 g/mol. The Morgan fingerprint density at radius 1 is 1.28 bits per heavy atom. The molecule has 0 bridgehead atoms. The summed E-state index contributed by atoms with van der Waals surface area (Å²) in [4.78, 5) is 0. The minimum absolute atomic E-state index is 0.384. The summed E-state index contributed by atoms with van der Waals surface area (Å²) in [5.41, 5.74) is 1.82. The molecule has 1 aliphatic rings. The molecule has 1 aromatic carbocycles. The summed E-state index contributed by atoms with van der Waals surface area (Å²) in [5.74, 6) is 0. The van der Waals surface area contributed by atoms with Gasteiger partial charge in [0.25, 0.3) is 0 Å². The van der Waals surface area contributed by atoms with E-state index in [1.165, 1.54) is 31.2 Å². The maximum atomic E-state index is 6.04. The zero-order valence-corrected chi connectivity index (χ0v) is 12.4. The van der Waals surface area contributed by atoms with Crippen LogP contribution in [0, 0.1) is 5.41 Å². The molecule has 1 fully saturated rings. The fraction of sp³-hybridized carbons (Fsp3) is 0.625. The molecule has 100 valence electrons. The summed E-state index contributed by atoms with van der Waals surface area (Å²) < 4.78 is 0. The van der Waals surface area contributed by atoms with E-state index in [1.807, 2.05) is 12.1 Å². The highest BCUT2D eigenvalue weighted by Crippen LogP contribution is 2.35. The number of halogens is 1. The second kappa shape index (κ2) is 5.63. The standard InChI is InChI=1S/C16H24ClN/c1-12(13-5-4-6-14(17)11-13)18-15-7-9-16(2,3)10-8-15/h4-6,11-12,15,18H,7-10H2,1-3H3. The van der Waals surface area contributed by atoms with Crippen molar-refractivity contribution in [2.45, 2.75) is 58.5 Å². The maximum absolute atomic E-state index is 6.04. The maximum Gasteiger partial charge on any atom is 0.0409 e. The van der Waals surface area contributed by atoms with E-state index in [1.54, 1.807) is 0 Å². The van der Waals surface area contributed by atoms with E-state index in [-0.39, 0.29) is 0 Å². The zero-order valence-electron chi connectivity index (χ0n) is 11.7. The van der Waals surface area contributed by atoms with Crippen molar-refractivity contribution in [3.63, 3.8) is 0 Å². The largest absolute Gasteiger partial charge is 0.307 e. The molecule has 2 rings (SSSR count). The van der Waals surface area contributed by atoms with Crippen LogP contribution in [0.3, 0.4) is 0 Å². The molecule has 1 aliphatic carbocycles. The molecule has 1 saturated carbocycles. The highest BCUT2D eigenvalue weighted by atomic mass is 35.5. The molecule has 0 aromatic heterocycles. The molecule has 0 saturated heterocycles. The second-order valence-electron chi connectivity index (χ2n) is 6.38. The van der Waals surface area contributed by atoms with Crippen LogP contribution in [0.1, 0.15) is 58.1 Å². The Bertz CT molecular complexity index is 390. The average molecular weight is 266 g/mol. The molecule has 0 radical (unpaired) electrons. The van der Waals surface area contributed by atoms with Gasteiger partial charge in [-0.05, 0) is 55.7 Å². The predicted octanol–water partition coefficient (Wildman–Crippen LogP) is 4.96. The molecule has 1 atom stereocenters. The highest BCUT2D eigenvalue weighted by Gasteiger charge is 2.27. The Morgan fingerprint density at radius 3 is 2.56 bits per heavy atom. The molecule has 18 heavy (non-hydrogen) atoms. The van der Waals surface area contributed by atoms with E-state index in [4.69, 9.17) is 11.6 Å². The summed E-state index contributed by atoms with van der Waals surface area (Å²) in [6.45, 7) is 6.98. The van der Waals surface area contributed by atoms with Crippen LogP contribution in [0.4, 0.5) is 0 Å². The normalized spacial score (nSPS) is 21.8. The molecule has 1 aromatic rings. The molecule has 0 aliphatic heterocycles. The van der Waals surface area contributed by atoms with Crippen molar-refractivity contribution in [3.8, 4) is 0 Å². The van der Waals surface area contributed by atoms with Crippen molar-refractivity contribution in [1.29, 1.82) is 0 Å². The first-order valence-corrected chi connectivity index (χ1v) is 7.36. The Hall–Kier alpha value is -0.530. The summed E-state index contributed by atoms with van der Waals surface area (Å²) in [6.07, 6.45) is 5.23. The minimum atomic E-state index is 0.384. The monoisotopic (exact) mass is 265 g/mol. The molecular formula is C16H24ClN. The van der Waals surface area contributed by atoms with Crippen molar-refractivity contribution < 1.29 is 0 Å². The van der Waals surface area contributed by atoms with Gasteiger partial charge in [0.15, 0.2) is 0 Å². The highest BCUT2D eigenvalue weighted by molar-refractivity contribution is 6.30. The van der Waals surface area contributed by atoms with Crippen LogP contribution >= 0.6 is 11.6 Å². The first kappa shape index (κ1) is 13.9. The van der Waals surface area contributed by atoms with Crippen LogP contribution in [-0.4, -0.2) is 6.04 Å². The Kier molecular flexibility index (Phi) is 4.34. The van der Waals surface area contributed by atoms with Gasteiger partial charge in [-0.15, -0.1) is 0 Å². The molecule has 1 N–H and O–H groups in total. The molecule has 0 heterocycles. The fourth-order valence-corrected chi connectivity index (χ4v) is 2.99. The van der Waals surface area contributed by atoms with Crippen molar-refractivity contribution in [2.75, 3.05) is 0 Å². The molecule has 2 heteroatoms. The minimum Gasteiger partial charge on any atom is -0.307 e. The Balaban J connectivity index is 1.90. The zero-order chi connectivity index (χ0) is 13.2. The molecule has 1 nitrogen and oxygen atoms in total. The van der Waals surface area contributed by atoms with E-state index in [0.717, 1.165) is 5.02 Å². The number of nitrogens with one attached hydrogen (secondary N) is 1. The Morgan fingerprint density at radius 2 is 1.94 bits per heavy atom. The average Bonchev–Trinajstić information content (AvgIpc) is 2.32. The molecule has 0 amide bonds. The van der Waals surface area contributed by atoms with Crippen molar-refractivity contribution in [2.24, 2.45) is 5.41 Å². The predicted molar refractivity (Wildman–Crippen MR) is 79.0 cm³/mol. The van der Waals surface area contributed by atoms with Gasteiger partial charge in [-0.3, -0.25) is 0 Å². The van der Waals surface area contributed by atoms with E-state index in [0.29, 0.717) is 17.5 Å². The van der Waals surface area contributed by atoms with E-state index in [2.05, 4.69) is 38.2 Å². The van der Waals surface area contributed by atoms with E-state index in [9.17, 15) is 0 Å². The third-order valence-corrected chi connectivity index (χ3v) is 4.41. The lowest BCUT2D eigenvalue weighted by molar-refractivity contribution is 0.200. The summed E-state index contributed by atoms with van der Waals surface area (Å²) in [5, 5.41) is 4.57. The Labute approximate surface area is 116 Å². The van der Waals surface area contributed by atoms with Crippen LogP contribution in [0.15, 0.2) is 24.3 Å². The van der Waals surface area contributed by atoms with Gasteiger partial charge in [0.2, 0.25) is 0 Å². The lowest BCUT2D eigenvalue weighted by atomic mass is 9.75. The number of hydrogen-bond donors (Lipinski definition) is 1. The fourth-order valence-electron chi connectivity index (χ4n) is 2.79. The topological polar surface area (TPSA) is 12.0 Å².